The number of nitrogens with zero attached hydrogens (tertiary/aromatic N) is 1. The van der Waals surface area contributed by atoms with E-state index in [2.05, 4.69) is 62.4 Å². The van der Waals surface area contributed by atoms with Gasteiger partial charge in [0, 0.05) is 5.39 Å². The summed E-state index contributed by atoms with van der Waals surface area (Å²) in [6.45, 7) is 4.18. The zero-order valence-electron chi connectivity index (χ0n) is 13.2. The first kappa shape index (κ1) is 14.7. The molecular formula is C20H22N2. The molecule has 2 nitrogen and oxygen atoms in total. The molecule has 112 valence electrons. The third-order valence-electron chi connectivity index (χ3n) is 4.32. The van der Waals surface area contributed by atoms with Crippen LogP contribution in [0.5, 0.6) is 0 Å². The number of rotatable bonds is 4. The van der Waals surface area contributed by atoms with Crippen LogP contribution in [0.25, 0.3) is 10.9 Å². The molecule has 2 heteroatoms. The maximum atomic E-state index is 6.52. The Balaban J connectivity index is 2.15. The van der Waals surface area contributed by atoms with E-state index in [9.17, 15) is 0 Å². The summed E-state index contributed by atoms with van der Waals surface area (Å²) in [5.41, 5.74) is 10.6. The van der Waals surface area contributed by atoms with E-state index in [0.717, 1.165) is 24.1 Å². The van der Waals surface area contributed by atoms with Crippen molar-refractivity contribution in [3.8, 4) is 0 Å². The number of benzene rings is 2. The van der Waals surface area contributed by atoms with E-state index in [1.807, 2.05) is 12.1 Å². The molecule has 1 heterocycles. The van der Waals surface area contributed by atoms with Gasteiger partial charge >= 0.3 is 0 Å². The van der Waals surface area contributed by atoms with E-state index in [4.69, 9.17) is 10.7 Å². The van der Waals surface area contributed by atoms with Crippen molar-refractivity contribution in [2.45, 2.75) is 32.2 Å². The van der Waals surface area contributed by atoms with Gasteiger partial charge < -0.3 is 5.73 Å². The van der Waals surface area contributed by atoms with Crippen LogP contribution in [-0.4, -0.2) is 4.98 Å². The van der Waals surface area contributed by atoms with E-state index in [-0.39, 0.29) is 0 Å². The smallest absolute Gasteiger partial charge is 0.0706 e. The van der Waals surface area contributed by atoms with Gasteiger partial charge in [-0.3, -0.25) is 4.98 Å². The Hall–Kier alpha value is -2.19. The molecule has 1 unspecified atom stereocenters. The normalized spacial score (nSPS) is 14.0. The van der Waals surface area contributed by atoms with Crippen molar-refractivity contribution in [1.82, 2.24) is 4.98 Å². The van der Waals surface area contributed by atoms with Crippen LogP contribution in [0.3, 0.4) is 0 Å². The molecule has 1 aromatic heterocycles. The first-order valence-electron chi connectivity index (χ1n) is 7.82. The van der Waals surface area contributed by atoms with Crippen molar-refractivity contribution in [1.29, 1.82) is 0 Å². The fourth-order valence-corrected chi connectivity index (χ4v) is 2.77. The van der Waals surface area contributed by atoms with Gasteiger partial charge in [0.25, 0.3) is 0 Å². The largest absolute Gasteiger partial charge is 0.320 e. The van der Waals surface area contributed by atoms with Crippen LogP contribution in [0, 0.1) is 0 Å². The minimum Gasteiger partial charge on any atom is -0.320 e. The number of aromatic nitrogens is 1. The molecule has 3 rings (SSSR count). The van der Waals surface area contributed by atoms with Gasteiger partial charge in [0.05, 0.1) is 16.7 Å². The Bertz CT molecular complexity index is 776. The van der Waals surface area contributed by atoms with Gasteiger partial charge in [-0.2, -0.15) is 0 Å². The molecule has 3 aromatic rings. The predicted molar refractivity (Wildman–Crippen MR) is 92.8 cm³/mol. The molecule has 0 aliphatic heterocycles. The SMILES string of the molecule is CCC(C)(N)c1nc2ccccc2cc1Cc1ccccc1. The van der Waals surface area contributed by atoms with Gasteiger partial charge in [0.1, 0.15) is 0 Å². The summed E-state index contributed by atoms with van der Waals surface area (Å²) >= 11 is 0. The van der Waals surface area contributed by atoms with Crippen LogP contribution in [0.1, 0.15) is 37.1 Å². The van der Waals surface area contributed by atoms with E-state index in [1.54, 1.807) is 0 Å². The van der Waals surface area contributed by atoms with Crippen molar-refractivity contribution in [3.05, 3.63) is 77.5 Å². The fraction of sp³-hybridized carbons (Fsp3) is 0.250. The van der Waals surface area contributed by atoms with Crippen LogP contribution in [0.4, 0.5) is 0 Å². The molecule has 0 fully saturated rings. The van der Waals surface area contributed by atoms with Crippen LogP contribution in [0.15, 0.2) is 60.7 Å². The molecule has 2 N–H and O–H groups in total. The van der Waals surface area contributed by atoms with Gasteiger partial charge in [0.15, 0.2) is 0 Å². The minimum absolute atomic E-state index is 0.409. The van der Waals surface area contributed by atoms with E-state index in [1.165, 1.54) is 16.5 Å². The summed E-state index contributed by atoms with van der Waals surface area (Å²) in [7, 11) is 0. The lowest BCUT2D eigenvalue weighted by Crippen LogP contribution is -2.34. The highest BCUT2D eigenvalue weighted by Gasteiger charge is 2.24. The maximum Gasteiger partial charge on any atom is 0.0706 e. The van der Waals surface area contributed by atoms with Crippen LogP contribution in [0.2, 0.25) is 0 Å². The van der Waals surface area contributed by atoms with Gasteiger partial charge in [-0.1, -0.05) is 55.5 Å². The predicted octanol–water partition coefficient (Wildman–Crippen LogP) is 4.41. The molecule has 0 aliphatic carbocycles. The number of hydrogen-bond acceptors (Lipinski definition) is 2. The molecule has 0 bridgehead atoms. The van der Waals surface area contributed by atoms with E-state index in [0.29, 0.717) is 0 Å². The van der Waals surface area contributed by atoms with Gasteiger partial charge in [-0.05, 0) is 43.0 Å². The standard InChI is InChI=1S/C20H22N2/c1-3-20(2,21)19-17(13-15-9-5-4-6-10-15)14-16-11-7-8-12-18(16)22-19/h4-12,14H,3,13,21H2,1-2H3. The zero-order valence-corrected chi connectivity index (χ0v) is 13.2. The van der Waals surface area contributed by atoms with Crippen molar-refractivity contribution < 1.29 is 0 Å². The highest BCUT2D eigenvalue weighted by atomic mass is 14.8. The lowest BCUT2D eigenvalue weighted by atomic mass is 9.88. The Morgan fingerprint density at radius 2 is 1.68 bits per heavy atom. The number of nitrogens with two attached hydrogens (primary N) is 1. The Morgan fingerprint density at radius 1 is 1.00 bits per heavy atom. The van der Waals surface area contributed by atoms with Gasteiger partial charge in [-0.25, -0.2) is 0 Å². The van der Waals surface area contributed by atoms with Crippen molar-refractivity contribution >= 4 is 10.9 Å². The van der Waals surface area contributed by atoms with Crippen molar-refractivity contribution in [2.24, 2.45) is 5.73 Å². The Kier molecular flexibility index (Phi) is 3.95. The first-order chi connectivity index (χ1) is 10.6. The number of para-hydroxylation sites is 1. The summed E-state index contributed by atoms with van der Waals surface area (Å²) in [5.74, 6) is 0. The van der Waals surface area contributed by atoms with E-state index < -0.39 is 5.54 Å². The second-order valence-corrected chi connectivity index (χ2v) is 6.12. The summed E-state index contributed by atoms with van der Waals surface area (Å²) in [6, 6.07) is 21.0. The lowest BCUT2D eigenvalue weighted by molar-refractivity contribution is 0.459. The molecule has 0 spiro atoms. The third kappa shape index (κ3) is 2.88. The van der Waals surface area contributed by atoms with Crippen molar-refractivity contribution in [2.75, 3.05) is 0 Å². The molecule has 1 atom stereocenters. The number of hydrogen-bond donors (Lipinski definition) is 1. The second kappa shape index (κ2) is 5.90. The fourth-order valence-electron chi connectivity index (χ4n) is 2.77. The monoisotopic (exact) mass is 290 g/mol. The van der Waals surface area contributed by atoms with Crippen LogP contribution >= 0.6 is 0 Å². The molecule has 0 saturated carbocycles. The highest BCUT2D eigenvalue weighted by Crippen LogP contribution is 2.28. The highest BCUT2D eigenvalue weighted by molar-refractivity contribution is 5.79. The Labute approximate surface area is 132 Å². The molecule has 0 amide bonds. The summed E-state index contributed by atoms with van der Waals surface area (Å²) in [6.07, 6.45) is 1.72. The minimum atomic E-state index is -0.409. The molecule has 2 aromatic carbocycles. The van der Waals surface area contributed by atoms with Gasteiger partial charge in [0.2, 0.25) is 0 Å². The van der Waals surface area contributed by atoms with E-state index >= 15 is 0 Å². The number of pyridine rings is 1. The Morgan fingerprint density at radius 3 is 2.41 bits per heavy atom. The average molecular weight is 290 g/mol. The van der Waals surface area contributed by atoms with Crippen LogP contribution < -0.4 is 5.73 Å². The topological polar surface area (TPSA) is 38.9 Å². The second-order valence-electron chi connectivity index (χ2n) is 6.12. The average Bonchev–Trinajstić information content (AvgIpc) is 2.55. The summed E-state index contributed by atoms with van der Waals surface area (Å²) in [5, 5.41) is 1.17. The number of fused-ring (bicyclic) bond motifs is 1. The lowest BCUT2D eigenvalue weighted by Gasteiger charge is -2.25. The molecule has 0 radical (unpaired) electrons. The molecule has 0 saturated heterocycles. The first-order valence-corrected chi connectivity index (χ1v) is 7.82. The van der Waals surface area contributed by atoms with Gasteiger partial charge in [-0.15, -0.1) is 0 Å². The summed E-state index contributed by atoms with van der Waals surface area (Å²) < 4.78 is 0. The van der Waals surface area contributed by atoms with Crippen LogP contribution in [-0.2, 0) is 12.0 Å². The maximum absolute atomic E-state index is 6.52. The molecule has 0 aliphatic rings. The summed E-state index contributed by atoms with van der Waals surface area (Å²) in [4.78, 5) is 4.89. The zero-order chi connectivity index (χ0) is 15.6. The molecule has 22 heavy (non-hydrogen) atoms. The quantitative estimate of drug-likeness (QED) is 0.773. The molecular weight excluding hydrogens is 268 g/mol. The third-order valence-corrected chi connectivity index (χ3v) is 4.32. The van der Waals surface area contributed by atoms with Crippen molar-refractivity contribution in [3.63, 3.8) is 0 Å².